The Kier molecular flexibility index (Phi) is 4.59. The third-order valence-electron chi connectivity index (χ3n) is 3.13. The lowest BCUT2D eigenvalue weighted by atomic mass is 10.2. The molecule has 1 heterocycles. The molecule has 0 aliphatic rings. The van der Waals surface area contributed by atoms with Crippen molar-refractivity contribution in [3.05, 3.63) is 68.0 Å². The number of carbonyl (C=O) groups is 1. The van der Waals surface area contributed by atoms with E-state index in [1.54, 1.807) is 18.2 Å². The molecule has 2 aromatic carbocycles. The molecule has 0 radical (unpaired) electrons. The predicted molar refractivity (Wildman–Crippen MR) is 92.4 cm³/mol. The summed E-state index contributed by atoms with van der Waals surface area (Å²) in [4.78, 5) is 12.6. The minimum atomic E-state index is -0.484. The first kappa shape index (κ1) is 15.6. The zero-order valence-electron chi connectivity index (χ0n) is 11.1. The van der Waals surface area contributed by atoms with Crippen molar-refractivity contribution >= 4 is 62.2 Å². The molecule has 3 aromatic rings. The molecule has 3 rings (SSSR count). The molecule has 2 nitrogen and oxygen atoms in total. The van der Waals surface area contributed by atoms with Gasteiger partial charge >= 0.3 is 5.97 Å². The van der Waals surface area contributed by atoms with E-state index in [1.165, 1.54) is 11.3 Å². The number of benzene rings is 2. The third kappa shape index (κ3) is 2.95. The van der Waals surface area contributed by atoms with E-state index >= 15 is 0 Å². The van der Waals surface area contributed by atoms with Gasteiger partial charge in [0.05, 0.1) is 5.02 Å². The Morgan fingerprint density at radius 2 is 1.68 bits per heavy atom. The number of ether oxygens (including phenoxy) is 1. The van der Waals surface area contributed by atoms with Crippen molar-refractivity contribution < 1.29 is 9.53 Å². The van der Waals surface area contributed by atoms with Crippen LogP contribution in [0.15, 0.2) is 42.5 Å². The van der Waals surface area contributed by atoms with Crippen molar-refractivity contribution in [3.8, 4) is 0 Å². The highest BCUT2D eigenvalue weighted by Crippen LogP contribution is 2.36. The SMILES string of the molecule is O=C(OCc1c(Cl)cccc1Cl)c1sc2ccccc2c1Cl. The standard InChI is InChI=1S/C16H9Cl3O2S/c17-11-5-3-6-12(18)10(11)8-21-16(20)15-14(19)9-4-1-2-7-13(9)22-15/h1-7H,8H2. The van der Waals surface area contributed by atoms with Crippen LogP contribution in [-0.2, 0) is 11.3 Å². The number of fused-ring (bicyclic) bond motifs is 1. The van der Waals surface area contributed by atoms with Crippen molar-refractivity contribution in [1.29, 1.82) is 0 Å². The lowest BCUT2D eigenvalue weighted by molar-refractivity contribution is 0.0479. The third-order valence-corrected chi connectivity index (χ3v) is 5.49. The van der Waals surface area contributed by atoms with Gasteiger partial charge in [-0.15, -0.1) is 11.3 Å². The maximum absolute atomic E-state index is 12.2. The van der Waals surface area contributed by atoms with Gasteiger partial charge in [-0.1, -0.05) is 59.1 Å². The summed E-state index contributed by atoms with van der Waals surface area (Å²) < 4.78 is 6.24. The number of carbonyl (C=O) groups excluding carboxylic acids is 1. The molecule has 0 saturated heterocycles. The summed E-state index contributed by atoms with van der Waals surface area (Å²) >= 11 is 19.7. The summed E-state index contributed by atoms with van der Waals surface area (Å²) in [6, 6.07) is 12.7. The Bertz CT molecular complexity index is 837. The summed E-state index contributed by atoms with van der Waals surface area (Å²) in [5, 5.41) is 2.18. The Labute approximate surface area is 146 Å². The van der Waals surface area contributed by atoms with E-state index in [2.05, 4.69) is 0 Å². The van der Waals surface area contributed by atoms with Gasteiger partial charge < -0.3 is 4.74 Å². The minimum absolute atomic E-state index is 0.00190. The molecule has 0 atom stereocenters. The van der Waals surface area contributed by atoms with Crippen LogP contribution in [0, 0.1) is 0 Å². The molecule has 0 N–H and O–H groups in total. The second kappa shape index (κ2) is 6.47. The molecule has 0 amide bonds. The van der Waals surface area contributed by atoms with Crippen LogP contribution < -0.4 is 0 Å². The molecule has 22 heavy (non-hydrogen) atoms. The number of halogens is 3. The van der Waals surface area contributed by atoms with Crippen LogP contribution >= 0.6 is 46.1 Å². The second-order valence-electron chi connectivity index (χ2n) is 4.52. The fraction of sp³-hybridized carbons (Fsp3) is 0.0625. The fourth-order valence-electron chi connectivity index (χ4n) is 2.02. The van der Waals surface area contributed by atoms with Crippen LogP contribution in [0.1, 0.15) is 15.2 Å². The Morgan fingerprint density at radius 3 is 2.36 bits per heavy atom. The van der Waals surface area contributed by atoms with Crippen molar-refractivity contribution in [2.45, 2.75) is 6.61 Å². The van der Waals surface area contributed by atoms with E-state index in [0.717, 1.165) is 10.1 Å². The number of esters is 1. The van der Waals surface area contributed by atoms with Gasteiger partial charge in [0.1, 0.15) is 11.5 Å². The van der Waals surface area contributed by atoms with Gasteiger partial charge in [0, 0.05) is 25.7 Å². The molecular weight excluding hydrogens is 363 g/mol. The van der Waals surface area contributed by atoms with E-state index in [4.69, 9.17) is 39.5 Å². The highest BCUT2D eigenvalue weighted by atomic mass is 35.5. The van der Waals surface area contributed by atoms with Gasteiger partial charge in [-0.3, -0.25) is 0 Å². The van der Waals surface area contributed by atoms with Crippen LogP contribution in [-0.4, -0.2) is 5.97 Å². The lowest BCUT2D eigenvalue weighted by Gasteiger charge is -2.07. The molecule has 0 spiro atoms. The maximum atomic E-state index is 12.2. The number of hydrogen-bond acceptors (Lipinski definition) is 3. The molecule has 1 aromatic heterocycles. The average Bonchev–Trinajstić information content (AvgIpc) is 2.84. The predicted octanol–water partition coefficient (Wildman–Crippen LogP) is 6.22. The highest BCUT2D eigenvalue weighted by Gasteiger charge is 2.19. The van der Waals surface area contributed by atoms with Gasteiger partial charge in [-0.2, -0.15) is 0 Å². The smallest absolute Gasteiger partial charge is 0.350 e. The van der Waals surface area contributed by atoms with Gasteiger partial charge in [-0.25, -0.2) is 4.79 Å². The van der Waals surface area contributed by atoms with Gasteiger partial charge in [0.15, 0.2) is 0 Å². The van der Waals surface area contributed by atoms with Gasteiger partial charge in [0.25, 0.3) is 0 Å². The molecule has 6 heteroatoms. The summed E-state index contributed by atoms with van der Waals surface area (Å²) in [5.41, 5.74) is 0.580. The van der Waals surface area contributed by atoms with Gasteiger partial charge in [0.2, 0.25) is 0 Å². The zero-order valence-corrected chi connectivity index (χ0v) is 14.2. The molecule has 112 valence electrons. The first-order valence-corrected chi connectivity index (χ1v) is 8.30. The molecule has 0 bridgehead atoms. The normalized spacial score (nSPS) is 10.9. The zero-order chi connectivity index (χ0) is 15.7. The Morgan fingerprint density at radius 1 is 1.00 bits per heavy atom. The number of thiophene rings is 1. The Hall–Kier alpha value is -1.26. The van der Waals surface area contributed by atoms with E-state index in [9.17, 15) is 4.79 Å². The minimum Gasteiger partial charge on any atom is -0.456 e. The highest BCUT2D eigenvalue weighted by molar-refractivity contribution is 7.21. The van der Waals surface area contributed by atoms with Crippen molar-refractivity contribution in [3.63, 3.8) is 0 Å². The summed E-state index contributed by atoms with van der Waals surface area (Å²) in [6.45, 7) is 0.00190. The molecule has 0 saturated carbocycles. The van der Waals surface area contributed by atoms with E-state index in [1.807, 2.05) is 24.3 Å². The van der Waals surface area contributed by atoms with Crippen LogP contribution in [0.25, 0.3) is 10.1 Å². The van der Waals surface area contributed by atoms with Crippen molar-refractivity contribution in [1.82, 2.24) is 0 Å². The van der Waals surface area contributed by atoms with Crippen molar-refractivity contribution in [2.75, 3.05) is 0 Å². The maximum Gasteiger partial charge on any atom is 0.350 e. The van der Waals surface area contributed by atoms with Crippen LogP contribution in [0.2, 0.25) is 15.1 Å². The molecule has 0 fully saturated rings. The average molecular weight is 372 g/mol. The van der Waals surface area contributed by atoms with Crippen LogP contribution in [0.5, 0.6) is 0 Å². The molecular formula is C16H9Cl3O2S. The van der Waals surface area contributed by atoms with E-state index in [-0.39, 0.29) is 6.61 Å². The first-order valence-electron chi connectivity index (χ1n) is 6.35. The Balaban J connectivity index is 1.83. The largest absolute Gasteiger partial charge is 0.456 e. The quantitative estimate of drug-likeness (QED) is 0.511. The topological polar surface area (TPSA) is 26.3 Å². The lowest BCUT2D eigenvalue weighted by Crippen LogP contribution is -2.04. The van der Waals surface area contributed by atoms with Gasteiger partial charge in [-0.05, 0) is 18.2 Å². The monoisotopic (exact) mass is 370 g/mol. The second-order valence-corrected chi connectivity index (χ2v) is 6.76. The summed E-state index contributed by atoms with van der Waals surface area (Å²) in [5.74, 6) is -0.484. The van der Waals surface area contributed by atoms with Crippen molar-refractivity contribution in [2.24, 2.45) is 0 Å². The first-order chi connectivity index (χ1) is 10.6. The summed E-state index contributed by atoms with van der Waals surface area (Å²) in [7, 11) is 0. The van der Waals surface area contributed by atoms with Crippen LogP contribution in [0.3, 0.4) is 0 Å². The fourth-order valence-corrected chi connectivity index (χ4v) is 3.93. The molecule has 0 aliphatic heterocycles. The number of hydrogen-bond donors (Lipinski definition) is 0. The van der Waals surface area contributed by atoms with E-state index < -0.39 is 5.97 Å². The molecule has 0 aliphatic carbocycles. The summed E-state index contributed by atoms with van der Waals surface area (Å²) in [6.07, 6.45) is 0. The van der Waals surface area contributed by atoms with E-state index in [0.29, 0.717) is 25.5 Å². The van der Waals surface area contributed by atoms with Crippen LogP contribution in [0.4, 0.5) is 0 Å². The number of rotatable bonds is 3. The molecule has 0 unspecified atom stereocenters.